The SMILES string of the molecule is CN(C(=O)c1cccc(NC(=O)c2cccc(C#N)c2)c1)c1c(C(F)(F)F)cc(C(F)(C(F)(F)F)C(F)(F)F)cc1C(F)(F)F. The number of hydrogen-bond donors (Lipinski definition) is 1. The molecule has 5 nitrogen and oxygen atoms in total. The van der Waals surface area contributed by atoms with Crippen LogP contribution in [0.5, 0.6) is 0 Å². The number of alkyl halides is 13. The summed E-state index contributed by atoms with van der Waals surface area (Å²) in [5.41, 5.74) is -18.5. The van der Waals surface area contributed by atoms with Crippen LogP contribution in [0.4, 0.5) is 68.5 Å². The highest BCUT2D eigenvalue weighted by molar-refractivity contribution is 6.09. The molecule has 3 aromatic rings. The Hall–Kier alpha value is -4.82. The van der Waals surface area contributed by atoms with E-state index in [0.29, 0.717) is 7.05 Å². The molecule has 2 amide bonds. The Balaban J connectivity index is 2.18. The number of nitriles is 1. The first-order valence-electron chi connectivity index (χ1n) is 11.8. The highest BCUT2D eigenvalue weighted by Gasteiger charge is 2.74. The summed E-state index contributed by atoms with van der Waals surface area (Å²) in [6, 6.07) is 8.58. The molecule has 0 radical (unpaired) electrons. The summed E-state index contributed by atoms with van der Waals surface area (Å²) in [7, 11) is 0.316. The second-order valence-electron chi connectivity index (χ2n) is 9.16. The smallest absolute Gasteiger partial charge is 0.322 e. The molecule has 0 saturated heterocycles. The molecule has 18 heteroatoms. The van der Waals surface area contributed by atoms with E-state index in [-0.39, 0.29) is 21.7 Å². The van der Waals surface area contributed by atoms with E-state index in [1.54, 1.807) is 6.07 Å². The maximum Gasteiger partial charge on any atom is 0.435 e. The lowest BCUT2D eigenvalue weighted by atomic mass is 9.89. The van der Waals surface area contributed by atoms with Crippen LogP contribution < -0.4 is 10.2 Å². The van der Waals surface area contributed by atoms with Crippen LogP contribution in [0.2, 0.25) is 0 Å². The van der Waals surface area contributed by atoms with E-state index in [0.717, 1.165) is 24.3 Å². The third-order valence-corrected chi connectivity index (χ3v) is 6.16. The topological polar surface area (TPSA) is 73.2 Å². The lowest BCUT2D eigenvalue weighted by Gasteiger charge is -2.33. The molecule has 0 spiro atoms. The Kier molecular flexibility index (Phi) is 8.93. The van der Waals surface area contributed by atoms with Crippen LogP contribution in [-0.4, -0.2) is 31.2 Å². The van der Waals surface area contributed by atoms with E-state index in [2.05, 4.69) is 5.32 Å². The van der Waals surface area contributed by atoms with Gasteiger partial charge >= 0.3 is 30.4 Å². The van der Waals surface area contributed by atoms with Crippen molar-refractivity contribution in [3.63, 3.8) is 0 Å². The summed E-state index contributed by atoms with van der Waals surface area (Å²) < 4.78 is 178. The third-order valence-electron chi connectivity index (χ3n) is 6.16. The first-order chi connectivity index (χ1) is 20.4. The van der Waals surface area contributed by atoms with Crippen molar-refractivity contribution >= 4 is 23.2 Å². The Bertz CT molecular complexity index is 1620. The fourth-order valence-electron chi connectivity index (χ4n) is 4.07. The van der Waals surface area contributed by atoms with Gasteiger partial charge in [-0.05, 0) is 48.5 Å². The molecule has 0 aliphatic carbocycles. The third kappa shape index (κ3) is 6.81. The fraction of sp³-hybridized carbons (Fsp3) is 0.222. The molecule has 0 unspecified atom stereocenters. The van der Waals surface area contributed by atoms with Crippen LogP contribution in [0.25, 0.3) is 0 Å². The predicted octanol–water partition coefficient (Wildman–Crippen LogP) is 8.41. The number of nitrogens with zero attached hydrogens (tertiary/aromatic N) is 2. The van der Waals surface area contributed by atoms with Crippen LogP contribution >= 0.6 is 0 Å². The summed E-state index contributed by atoms with van der Waals surface area (Å²) in [5, 5.41) is 11.2. The number of benzene rings is 3. The van der Waals surface area contributed by atoms with Crippen LogP contribution in [-0.2, 0) is 18.0 Å². The second kappa shape index (κ2) is 11.6. The number of anilines is 2. The molecule has 240 valence electrons. The van der Waals surface area contributed by atoms with Gasteiger partial charge in [0.2, 0.25) is 0 Å². The zero-order valence-corrected chi connectivity index (χ0v) is 21.9. The average Bonchev–Trinajstić information content (AvgIpc) is 2.93. The van der Waals surface area contributed by atoms with Crippen molar-refractivity contribution in [2.24, 2.45) is 0 Å². The summed E-state index contributed by atoms with van der Waals surface area (Å²) in [6.07, 6.45) is -26.4. The molecule has 0 aromatic heterocycles. The van der Waals surface area contributed by atoms with Crippen LogP contribution in [0, 0.1) is 11.3 Å². The van der Waals surface area contributed by atoms with E-state index in [1.165, 1.54) is 24.3 Å². The van der Waals surface area contributed by atoms with Crippen molar-refractivity contribution in [1.82, 2.24) is 0 Å². The van der Waals surface area contributed by atoms with Gasteiger partial charge < -0.3 is 10.2 Å². The molecule has 0 fully saturated rings. The van der Waals surface area contributed by atoms with Crippen molar-refractivity contribution in [3.8, 4) is 6.07 Å². The van der Waals surface area contributed by atoms with Gasteiger partial charge in [0.15, 0.2) is 0 Å². The number of carbonyl (C=O) groups excluding carboxylic acids is 2. The lowest BCUT2D eigenvalue weighted by molar-refractivity contribution is -0.348. The van der Waals surface area contributed by atoms with Gasteiger partial charge in [-0.25, -0.2) is 4.39 Å². The van der Waals surface area contributed by atoms with Gasteiger partial charge in [-0.15, -0.1) is 0 Å². The number of rotatable bonds is 5. The predicted molar refractivity (Wildman–Crippen MR) is 130 cm³/mol. The van der Waals surface area contributed by atoms with E-state index < -0.39 is 82.3 Å². The quantitative estimate of drug-likeness (QED) is 0.280. The Labute approximate surface area is 243 Å². The number of nitrogens with one attached hydrogen (secondary N) is 1. The van der Waals surface area contributed by atoms with Gasteiger partial charge in [0.1, 0.15) is 0 Å². The number of carbonyl (C=O) groups is 2. The second-order valence-corrected chi connectivity index (χ2v) is 9.16. The zero-order chi connectivity index (χ0) is 34.3. The summed E-state index contributed by atoms with van der Waals surface area (Å²) >= 11 is 0. The molecule has 3 rings (SSSR count). The molecule has 0 heterocycles. The van der Waals surface area contributed by atoms with E-state index in [4.69, 9.17) is 5.26 Å². The van der Waals surface area contributed by atoms with Crippen molar-refractivity contribution in [1.29, 1.82) is 5.26 Å². The summed E-state index contributed by atoms with van der Waals surface area (Å²) in [4.78, 5) is 25.3. The van der Waals surface area contributed by atoms with Crippen molar-refractivity contribution in [2.45, 2.75) is 30.4 Å². The van der Waals surface area contributed by atoms with Gasteiger partial charge in [0, 0.05) is 29.4 Å². The standard InChI is InChI=1S/C27H14F13N3O2/c1-43(22(45)15-6-3-7-17(9-15)42-21(44)14-5-2-4-13(8-14)12-41)20-18(24(29,30)31)10-16(11-19(20)25(32,33)34)23(28,26(35,36)37)27(38,39)40/h2-11H,1H3,(H,42,44). The highest BCUT2D eigenvalue weighted by atomic mass is 19.4. The minimum absolute atomic E-state index is 0.0609. The maximum absolute atomic E-state index is 14.6. The van der Waals surface area contributed by atoms with Gasteiger partial charge in [0.05, 0.1) is 28.4 Å². The Morgan fingerprint density at radius 1 is 0.711 bits per heavy atom. The van der Waals surface area contributed by atoms with Gasteiger partial charge in [-0.1, -0.05) is 12.1 Å². The van der Waals surface area contributed by atoms with Crippen LogP contribution in [0.1, 0.15) is 43.0 Å². The molecule has 0 saturated carbocycles. The summed E-state index contributed by atoms with van der Waals surface area (Å²) in [6.45, 7) is 0. The fourth-order valence-corrected chi connectivity index (χ4v) is 4.07. The molecule has 0 atom stereocenters. The van der Waals surface area contributed by atoms with Crippen molar-refractivity contribution < 1.29 is 66.7 Å². The number of hydrogen-bond acceptors (Lipinski definition) is 3. The minimum atomic E-state index is -7.05. The van der Waals surface area contributed by atoms with Gasteiger partial charge in [-0.3, -0.25) is 9.59 Å². The highest BCUT2D eigenvalue weighted by Crippen LogP contribution is 2.56. The number of halogens is 13. The first kappa shape index (κ1) is 34.7. The molecule has 3 aromatic carbocycles. The van der Waals surface area contributed by atoms with Crippen LogP contribution in [0.15, 0.2) is 60.7 Å². The van der Waals surface area contributed by atoms with Crippen molar-refractivity contribution in [2.75, 3.05) is 17.3 Å². The minimum Gasteiger partial charge on any atom is -0.322 e. The van der Waals surface area contributed by atoms with E-state index in [9.17, 15) is 66.7 Å². The molecule has 45 heavy (non-hydrogen) atoms. The molecule has 0 aliphatic rings. The van der Waals surface area contributed by atoms with Gasteiger partial charge in [0.25, 0.3) is 11.8 Å². The first-order valence-corrected chi connectivity index (χ1v) is 11.8. The van der Waals surface area contributed by atoms with Gasteiger partial charge in [-0.2, -0.15) is 57.9 Å². The lowest BCUT2D eigenvalue weighted by Crippen LogP contribution is -2.50. The molecule has 0 bridgehead atoms. The summed E-state index contributed by atoms with van der Waals surface area (Å²) in [5.74, 6) is -2.55. The maximum atomic E-state index is 14.6. The van der Waals surface area contributed by atoms with E-state index >= 15 is 0 Å². The largest absolute Gasteiger partial charge is 0.435 e. The molecular weight excluding hydrogens is 645 g/mol. The molecular formula is C27H14F13N3O2. The monoisotopic (exact) mass is 659 g/mol. The van der Waals surface area contributed by atoms with E-state index in [1.807, 2.05) is 0 Å². The Morgan fingerprint density at radius 3 is 1.67 bits per heavy atom. The Morgan fingerprint density at radius 2 is 1.20 bits per heavy atom. The zero-order valence-electron chi connectivity index (χ0n) is 21.9. The normalized spacial score (nSPS) is 12.8. The number of amides is 2. The van der Waals surface area contributed by atoms with Crippen LogP contribution in [0.3, 0.4) is 0 Å². The molecule has 1 N–H and O–H groups in total. The molecule has 0 aliphatic heterocycles. The van der Waals surface area contributed by atoms with Crippen molar-refractivity contribution in [3.05, 3.63) is 94.0 Å². The average molecular weight is 659 g/mol.